The van der Waals surface area contributed by atoms with E-state index in [-0.39, 0.29) is 59.1 Å². The van der Waals surface area contributed by atoms with Gasteiger partial charge >= 0.3 is 25.2 Å². The summed E-state index contributed by atoms with van der Waals surface area (Å²) in [7, 11) is 0.731. The smallest absolute Gasteiger partial charge is 0.461 e. The number of carbonyl (C=O) groups excluding carboxylic acids is 4. The van der Waals surface area contributed by atoms with Gasteiger partial charge in [-0.05, 0) is 88.3 Å². The molecule has 2 heterocycles. The second-order valence-corrected chi connectivity index (χ2v) is 17.5. The fraction of sp³-hybridized carbons (Fsp3) is 0.537. The summed E-state index contributed by atoms with van der Waals surface area (Å²) in [5.41, 5.74) is 0.853. The molecule has 3 saturated carbocycles. The monoisotopic (exact) mass is 788 g/mol. The van der Waals surface area contributed by atoms with Crippen LogP contribution in [0.15, 0.2) is 53.9 Å². The zero-order valence-corrected chi connectivity index (χ0v) is 34.2. The molecule has 300 valence electrons. The minimum atomic E-state index is -1.17. The Balaban J connectivity index is 1.27. The highest BCUT2D eigenvalue weighted by Crippen LogP contribution is 2.66. The zero-order chi connectivity index (χ0) is 40.4. The number of carbonyl (C=O) groups is 4. The van der Waals surface area contributed by atoms with Crippen molar-refractivity contribution in [2.75, 3.05) is 19.0 Å². The minimum Gasteiger partial charge on any atom is -0.496 e. The highest BCUT2D eigenvalue weighted by molar-refractivity contribution is 7.13. The maximum atomic E-state index is 14.6. The number of ether oxygens (including phenoxy) is 3. The predicted molar refractivity (Wildman–Crippen MR) is 213 cm³/mol. The summed E-state index contributed by atoms with van der Waals surface area (Å²) in [5, 5.41) is 9.94. The predicted octanol–water partition coefficient (Wildman–Crippen LogP) is 7.52. The lowest BCUT2D eigenvalue weighted by atomic mass is 9.43. The van der Waals surface area contributed by atoms with Crippen molar-refractivity contribution < 1.29 is 42.7 Å². The van der Waals surface area contributed by atoms with Gasteiger partial charge in [-0.25, -0.2) is 19.4 Å². The van der Waals surface area contributed by atoms with E-state index in [0.717, 1.165) is 29.7 Å². The number of benzene rings is 2. The number of anilines is 1. The van der Waals surface area contributed by atoms with Gasteiger partial charge in [0, 0.05) is 24.2 Å². The van der Waals surface area contributed by atoms with Crippen LogP contribution in [0.2, 0.25) is 5.82 Å². The molecule has 0 radical (unpaired) electrons. The minimum absolute atomic E-state index is 0.0712. The lowest BCUT2D eigenvalue weighted by molar-refractivity contribution is -0.199. The van der Waals surface area contributed by atoms with Crippen molar-refractivity contribution in [2.45, 2.75) is 110 Å². The average Bonchev–Trinajstić information content (AvgIpc) is 3.76. The fourth-order valence-corrected chi connectivity index (χ4v) is 9.21. The molecule has 0 spiro atoms. The van der Waals surface area contributed by atoms with Crippen molar-refractivity contribution in [1.29, 1.82) is 0 Å². The summed E-state index contributed by atoms with van der Waals surface area (Å²) in [6, 6.07) is 12.8. The quantitative estimate of drug-likeness (QED) is 0.110. The molecular weight excluding hydrogens is 735 g/mol. The van der Waals surface area contributed by atoms with Crippen molar-refractivity contribution in [3.8, 4) is 5.75 Å². The van der Waals surface area contributed by atoms with Gasteiger partial charge in [-0.3, -0.25) is 10.1 Å². The topological polar surface area (TPSA) is 163 Å². The summed E-state index contributed by atoms with van der Waals surface area (Å²) in [4.78, 5) is 58.0. The van der Waals surface area contributed by atoms with Crippen LogP contribution < -0.4 is 20.7 Å². The number of esters is 1. The second kappa shape index (κ2) is 16.6. The van der Waals surface area contributed by atoms with Crippen molar-refractivity contribution in [3.05, 3.63) is 76.3 Å². The molecular formula is C41H53BN4O9S. The van der Waals surface area contributed by atoms with Crippen LogP contribution in [0.4, 0.5) is 14.7 Å². The first-order valence-electron chi connectivity index (χ1n) is 19.2. The maximum Gasteiger partial charge on any atom is 0.461 e. The summed E-state index contributed by atoms with van der Waals surface area (Å²) >= 11 is 1.11. The molecule has 3 amide bonds. The van der Waals surface area contributed by atoms with Gasteiger partial charge in [0.25, 0.3) is 0 Å². The normalized spacial score (nSPS) is 23.1. The van der Waals surface area contributed by atoms with Crippen LogP contribution in [0.1, 0.15) is 101 Å². The number of methoxy groups -OCH3 is 1. The first-order valence-corrected chi connectivity index (χ1v) is 20.1. The van der Waals surface area contributed by atoms with Crippen LogP contribution in [0, 0.1) is 17.3 Å². The second-order valence-electron chi connectivity index (χ2n) is 16.7. The third-order valence-electron chi connectivity index (χ3n) is 11.4. The average molecular weight is 789 g/mol. The van der Waals surface area contributed by atoms with E-state index in [4.69, 9.17) is 23.5 Å². The van der Waals surface area contributed by atoms with Crippen LogP contribution in [-0.2, 0) is 36.6 Å². The van der Waals surface area contributed by atoms with Gasteiger partial charge in [0.05, 0.1) is 24.5 Å². The van der Waals surface area contributed by atoms with Crippen molar-refractivity contribution in [1.82, 2.24) is 15.6 Å². The highest BCUT2D eigenvalue weighted by Gasteiger charge is 2.68. The lowest BCUT2D eigenvalue weighted by Crippen LogP contribution is -2.65. The molecule has 7 rings (SSSR count). The maximum absolute atomic E-state index is 14.6. The van der Waals surface area contributed by atoms with Gasteiger partial charge in [0.1, 0.15) is 29.6 Å². The van der Waals surface area contributed by atoms with E-state index in [9.17, 15) is 19.2 Å². The van der Waals surface area contributed by atoms with Crippen LogP contribution in [0.25, 0.3) is 0 Å². The number of thiazole rings is 1. The van der Waals surface area contributed by atoms with Crippen molar-refractivity contribution in [3.63, 3.8) is 0 Å². The van der Waals surface area contributed by atoms with Crippen LogP contribution >= 0.6 is 11.3 Å². The molecule has 56 heavy (non-hydrogen) atoms. The number of hydrogen-bond donors (Lipinski definition) is 3. The van der Waals surface area contributed by atoms with Crippen molar-refractivity contribution >= 4 is 47.5 Å². The number of rotatable bonds is 14. The Bertz CT molecular complexity index is 1920. The van der Waals surface area contributed by atoms with E-state index in [2.05, 4.69) is 41.7 Å². The molecule has 1 saturated heterocycles. The molecule has 4 aliphatic rings. The van der Waals surface area contributed by atoms with Gasteiger partial charge < -0.3 is 34.2 Å². The van der Waals surface area contributed by atoms with Gasteiger partial charge in [0.15, 0.2) is 10.9 Å². The number of amides is 3. The first-order chi connectivity index (χ1) is 26.5. The molecule has 3 aromatic rings. The Hall–Kier alpha value is -4.47. The van der Waals surface area contributed by atoms with Gasteiger partial charge in [-0.15, -0.1) is 11.3 Å². The number of nitrogens with zero attached hydrogens (tertiary/aromatic N) is 1. The number of para-hydroxylation sites is 1. The molecule has 2 bridgehead atoms. The molecule has 2 aromatic carbocycles. The third kappa shape index (κ3) is 8.89. The summed E-state index contributed by atoms with van der Waals surface area (Å²) in [5.74, 6) is -0.277. The van der Waals surface area contributed by atoms with E-state index in [1.54, 1.807) is 45.2 Å². The Kier molecular flexibility index (Phi) is 12.2. The Morgan fingerprint density at radius 1 is 1.05 bits per heavy atom. The Labute approximate surface area is 333 Å². The first kappa shape index (κ1) is 41.2. The van der Waals surface area contributed by atoms with E-state index < -0.39 is 48.3 Å². The molecule has 2 unspecified atom stereocenters. The number of nitrogens with one attached hydrogen (secondary N) is 3. The summed E-state index contributed by atoms with van der Waals surface area (Å²) < 4.78 is 30.5. The van der Waals surface area contributed by atoms with Crippen LogP contribution in [0.5, 0.6) is 5.75 Å². The summed E-state index contributed by atoms with van der Waals surface area (Å²) in [6.45, 7) is 14.3. The standard InChI is InChI=1S/C41H53BN4O9S/c1-9-43-36(49)45-33(29-23-56-37(44-29)46-38(50)52-22-24-14-11-10-12-15-24)30(47)21-27(42-54-32-20-26-19-31(40(26,5)6)41(32,7)55-42)18-25-16-13-17-28(34(25)51-8)35(48)53-39(2,3)4/h10-17,23,26-27,31-33H,9,18-22H2,1-8H3,(H2,43,45,49)(H,44,46,50)/t26-,27+,31-,32?,33?,41-/m0/s1. The Morgan fingerprint density at radius 2 is 1.80 bits per heavy atom. The molecule has 13 nitrogen and oxygen atoms in total. The lowest BCUT2D eigenvalue weighted by Gasteiger charge is -2.64. The van der Waals surface area contributed by atoms with Crippen LogP contribution in [0.3, 0.4) is 0 Å². The molecule has 3 aliphatic carbocycles. The molecule has 15 heteroatoms. The highest BCUT2D eigenvalue weighted by atomic mass is 32.1. The Morgan fingerprint density at radius 3 is 2.48 bits per heavy atom. The van der Waals surface area contributed by atoms with Gasteiger partial charge in [-0.1, -0.05) is 56.3 Å². The van der Waals surface area contributed by atoms with E-state index in [1.165, 1.54) is 7.11 Å². The van der Waals surface area contributed by atoms with E-state index >= 15 is 0 Å². The number of hydrogen-bond acceptors (Lipinski definition) is 11. The zero-order valence-electron chi connectivity index (χ0n) is 33.4. The van der Waals surface area contributed by atoms with Crippen LogP contribution in [-0.4, -0.2) is 66.9 Å². The third-order valence-corrected chi connectivity index (χ3v) is 12.2. The van der Waals surface area contributed by atoms with Crippen molar-refractivity contribution in [2.24, 2.45) is 17.3 Å². The number of Topliss-reactive ketones (excluding diaryl/α,β-unsaturated/α-hetero) is 1. The number of ketones is 1. The summed E-state index contributed by atoms with van der Waals surface area (Å²) in [6.07, 6.45) is 1.24. The molecule has 6 atom stereocenters. The SMILES string of the molecule is CCNC(=O)NC(C(=O)C[C@@H](Cc1cccc(C(=O)OC(C)(C)C)c1OC)B1OC2C[C@@H]3C[C@@H](C3(C)C)[C@]2(C)O1)c1csc(NC(=O)OCc2ccccc2)n1. The molecule has 1 aromatic heterocycles. The largest absolute Gasteiger partial charge is 0.496 e. The number of urea groups is 1. The molecule has 4 fully saturated rings. The molecule has 3 N–H and O–H groups in total. The van der Waals surface area contributed by atoms with E-state index in [1.807, 2.05) is 36.4 Å². The molecule has 1 aliphatic heterocycles. The van der Waals surface area contributed by atoms with Gasteiger partial charge in [-0.2, -0.15) is 0 Å². The van der Waals surface area contributed by atoms with Gasteiger partial charge in [0.2, 0.25) is 0 Å². The number of aromatic nitrogens is 1. The van der Waals surface area contributed by atoms with E-state index in [0.29, 0.717) is 23.8 Å². The fourth-order valence-electron chi connectivity index (χ4n) is 8.49.